The molecule has 0 radical (unpaired) electrons. The van der Waals surface area contributed by atoms with Crippen molar-refractivity contribution in [2.75, 3.05) is 0 Å². The molecule has 0 bridgehead atoms. The lowest BCUT2D eigenvalue weighted by Gasteiger charge is -2.29. The van der Waals surface area contributed by atoms with Gasteiger partial charge in [0.05, 0.1) is 6.07 Å². The molecule has 0 amide bonds. The van der Waals surface area contributed by atoms with Gasteiger partial charge in [-0.15, -0.1) is 0 Å². The first-order valence-electron chi connectivity index (χ1n) is 13.8. The summed E-state index contributed by atoms with van der Waals surface area (Å²) in [5.41, 5.74) is 3.09. The zero-order valence-electron chi connectivity index (χ0n) is 20.9. The number of nitriles is 1. The van der Waals surface area contributed by atoms with Crippen LogP contribution in [-0.2, 0) is 6.42 Å². The molecule has 3 rings (SSSR count). The van der Waals surface area contributed by atoms with Gasteiger partial charge in [0.15, 0.2) is 0 Å². The van der Waals surface area contributed by atoms with Crippen molar-refractivity contribution >= 4 is 0 Å². The van der Waals surface area contributed by atoms with Crippen LogP contribution in [-0.4, -0.2) is 0 Å². The largest absolute Gasteiger partial charge is 0.193 e. The van der Waals surface area contributed by atoms with Crippen LogP contribution in [0, 0.1) is 29.1 Å². The first-order valence-corrected chi connectivity index (χ1v) is 13.8. The van der Waals surface area contributed by atoms with Gasteiger partial charge in [-0.2, -0.15) is 5.26 Å². The molecule has 2 aliphatic carbocycles. The van der Waals surface area contributed by atoms with Gasteiger partial charge < -0.3 is 0 Å². The average molecular weight is 444 g/mol. The van der Waals surface area contributed by atoms with E-state index in [4.69, 9.17) is 5.26 Å². The molecular formula is C32H45N. The lowest BCUT2D eigenvalue weighted by molar-refractivity contribution is 0.295. The van der Waals surface area contributed by atoms with Crippen molar-refractivity contribution in [1.82, 2.24) is 0 Å². The first kappa shape index (κ1) is 25.6. The highest BCUT2D eigenvalue weighted by Gasteiger charge is 2.22. The zero-order valence-corrected chi connectivity index (χ0v) is 20.9. The zero-order chi connectivity index (χ0) is 23.1. The van der Waals surface area contributed by atoms with Crippen molar-refractivity contribution < 1.29 is 0 Å². The molecule has 0 aromatic heterocycles. The van der Waals surface area contributed by atoms with Gasteiger partial charge in [-0.1, -0.05) is 74.4 Å². The van der Waals surface area contributed by atoms with Crippen LogP contribution in [0.4, 0.5) is 0 Å². The first-order chi connectivity index (χ1) is 16.3. The van der Waals surface area contributed by atoms with Crippen LogP contribution in [0.3, 0.4) is 0 Å². The van der Waals surface area contributed by atoms with Gasteiger partial charge in [-0.3, -0.25) is 0 Å². The third-order valence-electron chi connectivity index (χ3n) is 8.00. The second-order valence-corrected chi connectivity index (χ2v) is 10.5. The van der Waals surface area contributed by atoms with Gasteiger partial charge in [0.1, 0.15) is 0 Å². The summed E-state index contributed by atoms with van der Waals surface area (Å²) < 4.78 is 0. The highest BCUT2D eigenvalue weighted by atomic mass is 14.3. The fourth-order valence-electron chi connectivity index (χ4n) is 5.77. The third kappa shape index (κ3) is 9.37. The molecule has 2 aliphatic rings. The number of rotatable bonds is 11. The van der Waals surface area contributed by atoms with Crippen LogP contribution >= 0.6 is 0 Å². The van der Waals surface area contributed by atoms with Crippen molar-refractivity contribution in [3.05, 3.63) is 71.8 Å². The number of aryl methyl sites for hydroxylation is 1. The van der Waals surface area contributed by atoms with E-state index in [1.54, 1.807) is 5.56 Å². The maximum atomic E-state index is 8.50. The van der Waals surface area contributed by atoms with E-state index in [1.165, 1.54) is 95.1 Å². The molecule has 0 aliphatic heterocycles. The molecule has 0 heterocycles. The molecule has 2 saturated carbocycles. The Kier molecular flexibility index (Phi) is 11.6. The molecule has 178 valence electrons. The summed E-state index contributed by atoms with van der Waals surface area (Å²) in [6.07, 6.45) is 31.4. The molecule has 0 spiro atoms. The lowest BCUT2D eigenvalue weighted by atomic mass is 9.76. The topological polar surface area (TPSA) is 23.8 Å². The molecular weight excluding hydrogens is 398 g/mol. The summed E-state index contributed by atoms with van der Waals surface area (Å²) in [5.74, 6) is 3.29. The Morgan fingerprint density at radius 2 is 1.52 bits per heavy atom. The fraction of sp³-hybridized carbons (Fsp3) is 0.594. The van der Waals surface area contributed by atoms with Gasteiger partial charge in [0, 0.05) is 6.08 Å². The van der Waals surface area contributed by atoms with Crippen molar-refractivity contribution in [2.24, 2.45) is 17.8 Å². The number of hydrogen-bond donors (Lipinski definition) is 0. The molecule has 1 aromatic rings. The average Bonchev–Trinajstić information content (AvgIpc) is 2.86. The summed E-state index contributed by atoms with van der Waals surface area (Å²) in [6.45, 7) is 2.28. The number of benzene rings is 1. The van der Waals surface area contributed by atoms with E-state index in [0.717, 1.165) is 30.1 Å². The van der Waals surface area contributed by atoms with Crippen molar-refractivity contribution in [1.29, 1.82) is 5.26 Å². The molecule has 1 nitrogen and oxygen atoms in total. The van der Waals surface area contributed by atoms with Gasteiger partial charge in [0.2, 0.25) is 0 Å². The van der Waals surface area contributed by atoms with E-state index in [9.17, 15) is 0 Å². The Labute approximate surface area is 203 Å². The minimum Gasteiger partial charge on any atom is -0.193 e. The minimum atomic E-state index is 0.777. The fourth-order valence-corrected chi connectivity index (χ4v) is 5.77. The van der Waals surface area contributed by atoms with Crippen LogP contribution in [0.25, 0.3) is 0 Å². The van der Waals surface area contributed by atoms with Gasteiger partial charge in [0.25, 0.3) is 0 Å². The molecule has 0 unspecified atom stereocenters. The monoisotopic (exact) mass is 443 g/mol. The Morgan fingerprint density at radius 1 is 0.848 bits per heavy atom. The van der Waals surface area contributed by atoms with Gasteiger partial charge in [-0.25, -0.2) is 0 Å². The Morgan fingerprint density at radius 3 is 2.15 bits per heavy atom. The van der Waals surface area contributed by atoms with E-state index < -0.39 is 0 Å². The number of unbranched alkanes of at least 4 members (excludes halogenated alkanes) is 2. The summed E-state index contributed by atoms with van der Waals surface area (Å²) >= 11 is 0. The normalized spacial score (nSPS) is 26.3. The van der Waals surface area contributed by atoms with Crippen molar-refractivity contribution in [2.45, 2.75) is 103 Å². The summed E-state index contributed by atoms with van der Waals surface area (Å²) in [5, 5.41) is 8.50. The molecule has 2 fully saturated rings. The van der Waals surface area contributed by atoms with E-state index in [2.05, 4.69) is 49.4 Å². The standard InChI is InChI=1S/C32H45N/c1-2-3-7-10-28-18-22-31(23-19-28)32-24-20-30(21-25-32)17-16-29-14-12-27(13-15-29)11-8-5-4-6-9-26-33/h4-6,9,16-19,22-23,27,29-30,32H,2-3,7-8,10-15,20-21,24-25H2,1H3. The number of nitrogens with zero attached hydrogens (tertiary/aromatic N) is 1. The van der Waals surface area contributed by atoms with Gasteiger partial charge >= 0.3 is 0 Å². The van der Waals surface area contributed by atoms with Crippen LogP contribution < -0.4 is 0 Å². The van der Waals surface area contributed by atoms with Gasteiger partial charge in [-0.05, 0) is 112 Å². The SMILES string of the molecule is CCCCCc1ccc(C2CCC(C=CC3CCC(CCC=CC=CC#N)CC3)CC2)cc1. The molecule has 1 aromatic carbocycles. The maximum Gasteiger partial charge on any atom is 0.0912 e. The predicted molar refractivity (Wildman–Crippen MR) is 142 cm³/mol. The summed E-state index contributed by atoms with van der Waals surface area (Å²) in [6, 6.07) is 11.6. The smallest absolute Gasteiger partial charge is 0.0912 e. The Balaban J connectivity index is 1.32. The molecule has 0 atom stereocenters. The predicted octanol–water partition coefficient (Wildman–Crippen LogP) is 9.47. The molecule has 1 heteroatoms. The van der Waals surface area contributed by atoms with Crippen LogP contribution in [0.1, 0.15) is 107 Å². The highest BCUT2D eigenvalue weighted by Crippen LogP contribution is 2.38. The van der Waals surface area contributed by atoms with Crippen LogP contribution in [0.5, 0.6) is 0 Å². The lowest BCUT2D eigenvalue weighted by Crippen LogP contribution is -2.14. The molecule has 33 heavy (non-hydrogen) atoms. The highest BCUT2D eigenvalue weighted by molar-refractivity contribution is 5.26. The molecule has 0 N–H and O–H groups in total. The summed E-state index contributed by atoms with van der Waals surface area (Å²) in [4.78, 5) is 0. The van der Waals surface area contributed by atoms with E-state index in [-0.39, 0.29) is 0 Å². The van der Waals surface area contributed by atoms with E-state index >= 15 is 0 Å². The van der Waals surface area contributed by atoms with Crippen LogP contribution in [0.2, 0.25) is 0 Å². The van der Waals surface area contributed by atoms with E-state index in [1.807, 2.05) is 18.2 Å². The summed E-state index contributed by atoms with van der Waals surface area (Å²) in [7, 11) is 0. The second kappa shape index (κ2) is 15.0. The van der Waals surface area contributed by atoms with Crippen molar-refractivity contribution in [3.8, 4) is 6.07 Å². The molecule has 0 saturated heterocycles. The van der Waals surface area contributed by atoms with Crippen LogP contribution in [0.15, 0.2) is 60.7 Å². The maximum absolute atomic E-state index is 8.50. The quantitative estimate of drug-likeness (QED) is 0.144. The number of allylic oxidation sites excluding steroid dienone is 6. The minimum absolute atomic E-state index is 0.777. The Hall–Kier alpha value is -2.07. The van der Waals surface area contributed by atoms with Crippen molar-refractivity contribution in [3.63, 3.8) is 0 Å². The second-order valence-electron chi connectivity index (χ2n) is 10.5. The van der Waals surface area contributed by atoms with E-state index in [0.29, 0.717) is 0 Å². The Bertz CT molecular complexity index is 775. The number of hydrogen-bond acceptors (Lipinski definition) is 1. The third-order valence-corrected chi connectivity index (χ3v) is 8.00.